The third-order valence-corrected chi connectivity index (χ3v) is 2.27. The van der Waals surface area contributed by atoms with Gasteiger partial charge in [-0.1, -0.05) is 19.4 Å². The van der Waals surface area contributed by atoms with E-state index in [4.69, 9.17) is 15.2 Å². The number of nitrogen functional groups attached to an aromatic ring is 1. The van der Waals surface area contributed by atoms with Gasteiger partial charge in [0.25, 0.3) is 0 Å². The van der Waals surface area contributed by atoms with E-state index in [1.54, 1.807) is 7.11 Å². The topological polar surface area (TPSA) is 44.5 Å². The molecule has 84 valence electrons. The molecule has 15 heavy (non-hydrogen) atoms. The summed E-state index contributed by atoms with van der Waals surface area (Å²) in [7, 11) is 1.60. The molecule has 1 unspecified atom stereocenters. The predicted octanol–water partition coefficient (Wildman–Crippen LogP) is 2.84. The van der Waals surface area contributed by atoms with Crippen molar-refractivity contribution in [1.29, 1.82) is 0 Å². The van der Waals surface area contributed by atoms with E-state index in [0.717, 1.165) is 12.8 Å². The number of nitrogens with two attached hydrogens (primary N) is 1. The van der Waals surface area contributed by atoms with Crippen LogP contribution in [0, 0.1) is 0 Å². The van der Waals surface area contributed by atoms with E-state index in [-0.39, 0.29) is 6.10 Å². The van der Waals surface area contributed by atoms with Crippen LogP contribution in [0.25, 0.3) is 0 Å². The molecule has 0 radical (unpaired) electrons. The van der Waals surface area contributed by atoms with Gasteiger partial charge in [-0.3, -0.25) is 0 Å². The fourth-order valence-electron chi connectivity index (χ4n) is 1.49. The average Bonchev–Trinajstić information content (AvgIpc) is 2.21. The van der Waals surface area contributed by atoms with Crippen LogP contribution >= 0.6 is 0 Å². The molecule has 0 bridgehead atoms. The zero-order valence-electron chi connectivity index (χ0n) is 9.62. The van der Waals surface area contributed by atoms with Crippen molar-refractivity contribution in [3.63, 3.8) is 0 Å². The Morgan fingerprint density at radius 1 is 1.33 bits per heavy atom. The molecule has 0 saturated carbocycles. The quantitative estimate of drug-likeness (QED) is 0.758. The number of hydrogen-bond donors (Lipinski definition) is 1. The summed E-state index contributed by atoms with van der Waals surface area (Å²) in [6.07, 6.45) is 2.31. The van der Waals surface area contributed by atoms with E-state index in [2.05, 4.69) is 6.92 Å². The Balaban J connectivity index is 2.76. The molecule has 2 N–H and O–H groups in total. The summed E-state index contributed by atoms with van der Waals surface area (Å²) in [5.41, 5.74) is 6.46. The third-order valence-electron chi connectivity index (χ3n) is 2.27. The highest BCUT2D eigenvalue weighted by atomic mass is 16.5. The van der Waals surface area contributed by atoms with Gasteiger partial charge in [-0.2, -0.15) is 0 Å². The van der Waals surface area contributed by atoms with Crippen molar-refractivity contribution < 1.29 is 9.47 Å². The lowest BCUT2D eigenvalue weighted by Crippen LogP contribution is -2.12. The van der Waals surface area contributed by atoms with Crippen LogP contribution in [0.2, 0.25) is 0 Å². The number of rotatable bonds is 5. The second-order valence-corrected chi connectivity index (χ2v) is 3.59. The van der Waals surface area contributed by atoms with Crippen LogP contribution in [0.1, 0.15) is 26.7 Å². The second-order valence-electron chi connectivity index (χ2n) is 3.59. The number of benzene rings is 1. The number of hydrogen-bond acceptors (Lipinski definition) is 3. The molecule has 0 amide bonds. The summed E-state index contributed by atoms with van der Waals surface area (Å²) < 4.78 is 10.8. The molecule has 0 aliphatic carbocycles. The van der Waals surface area contributed by atoms with Crippen LogP contribution in [-0.4, -0.2) is 13.2 Å². The van der Waals surface area contributed by atoms with Crippen molar-refractivity contribution >= 4 is 5.69 Å². The Labute approximate surface area is 91.2 Å². The third kappa shape index (κ3) is 3.05. The highest BCUT2D eigenvalue weighted by molar-refractivity contribution is 5.62. The van der Waals surface area contributed by atoms with E-state index in [9.17, 15) is 0 Å². The van der Waals surface area contributed by atoms with E-state index in [1.807, 2.05) is 25.1 Å². The smallest absolute Gasteiger partial charge is 0.146 e. The van der Waals surface area contributed by atoms with Crippen LogP contribution in [0.3, 0.4) is 0 Å². The minimum Gasteiger partial charge on any atom is -0.494 e. The molecule has 1 aromatic carbocycles. The lowest BCUT2D eigenvalue weighted by molar-refractivity contribution is 0.210. The first-order valence-corrected chi connectivity index (χ1v) is 5.28. The van der Waals surface area contributed by atoms with Crippen molar-refractivity contribution in [3.05, 3.63) is 18.2 Å². The SMILES string of the molecule is CCCC(C)Oc1cccc(OC)c1N. The molecule has 0 spiro atoms. The van der Waals surface area contributed by atoms with Gasteiger partial charge in [0, 0.05) is 0 Å². The first kappa shape index (κ1) is 11.7. The Bertz CT molecular complexity index is 312. The van der Waals surface area contributed by atoms with Gasteiger partial charge in [-0.15, -0.1) is 0 Å². The van der Waals surface area contributed by atoms with Crippen LogP contribution in [0.4, 0.5) is 5.69 Å². The summed E-state index contributed by atoms with van der Waals surface area (Å²) in [4.78, 5) is 0. The van der Waals surface area contributed by atoms with Crippen molar-refractivity contribution in [2.24, 2.45) is 0 Å². The summed E-state index contributed by atoms with van der Waals surface area (Å²) >= 11 is 0. The van der Waals surface area contributed by atoms with E-state index in [1.165, 1.54) is 0 Å². The number of anilines is 1. The molecule has 0 heterocycles. The summed E-state index contributed by atoms with van der Waals surface area (Å²) in [6, 6.07) is 5.57. The van der Waals surface area contributed by atoms with Gasteiger partial charge in [-0.25, -0.2) is 0 Å². The molecule has 0 fully saturated rings. The van der Waals surface area contributed by atoms with Crippen molar-refractivity contribution in [3.8, 4) is 11.5 Å². The number of methoxy groups -OCH3 is 1. The molecule has 0 aromatic heterocycles. The van der Waals surface area contributed by atoms with E-state index in [0.29, 0.717) is 17.2 Å². The summed E-state index contributed by atoms with van der Waals surface area (Å²) in [6.45, 7) is 4.18. The second kappa shape index (κ2) is 5.49. The minimum absolute atomic E-state index is 0.185. The van der Waals surface area contributed by atoms with Crippen molar-refractivity contribution in [1.82, 2.24) is 0 Å². The zero-order valence-corrected chi connectivity index (χ0v) is 9.62. The Morgan fingerprint density at radius 3 is 2.60 bits per heavy atom. The zero-order chi connectivity index (χ0) is 11.3. The standard InChI is InChI=1S/C12H19NO2/c1-4-6-9(2)15-11-8-5-7-10(14-3)12(11)13/h5,7-9H,4,6,13H2,1-3H3. The van der Waals surface area contributed by atoms with E-state index < -0.39 is 0 Å². The fourth-order valence-corrected chi connectivity index (χ4v) is 1.49. The monoisotopic (exact) mass is 209 g/mol. The first-order valence-electron chi connectivity index (χ1n) is 5.28. The van der Waals surface area contributed by atoms with Crippen LogP contribution in [0.15, 0.2) is 18.2 Å². The van der Waals surface area contributed by atoms with Crippen molar-refractivity contribution in [2.45, 2.75) is 32.8 Å². The van der Waals surface area contributed by atoms with Gasteiger partial charge in [0.05, 0.1) is 13.2 Å². The van der Waals surface area contributed by atoms with Gasteiger partial charge in [0.2, 0.25) is 0 Å². The lowest BCUT2D eigenvalue weighted by Gasteiger charge is -2.16. The maximum absolute atomic E-state index is 5.89. The van der Waals surface area contributed by atoms with Crippen LogP contribution in [0.5, 0.6) is 11.5 Å². The van der Waals surface area contributed by atoms with Gasteiger partial charge >= 0.3 is 0 Å². The maximum atomic E-state index is 5.89. The largest absolute Gasteiger partial charge is 0.494 e. The molecule has 1 aromatic rings. The normalized spacial score (nSPS) is 12.2. The highest BCUT2D eigenvalue weighted by Crippen LogP contribution is 2.31. The predicted molar refractivity (Wildman–Crippen MR) is 62.4 cm³/mol. The summed E-state index contributed by atoms with van der Waals surface area (Å²) in [5.74, 6) is 1.37. The van der Waals surface area contributed by atoms with Crippen molar-refractivity contribution in [2.75, 3.05) is 12.8 Å². The Morgan fingerprint density at radius 2 is 2.00 bits per heavy atom. The minimum atomic E-state index is 0.185. The van der Waals surface area contributed by atoms with Gasteiger partial charge in [0.1, 0.15) is 17.2 Å². The lowest BCUT2D eigenvalue weighted by atomic mass is 10.2. The van der Waals surface area contributed by atoms with Crippen LogP contribution < -0.4 is 15.2 Å². The average molecular weight is 209 g/mol. The number of para-hydroxylation sites is 1. The molecular formula is C12H19NO2. The first-order chi connectivity index (χ1) is 7.19. The molecule has 1 rings (SSSR count). The maximum Gasteiger partial charge on any atom is 0.146 e. The molecule has 3 nitrogen and oxygen atoms in total. The van der Waals surface area contributed by atoms with Gasteiger partial charge in [-0.05, 0) is 25.5 Å². The molecule has 0 aliphatic heterocycles. The Hall–Kier alpha value is -1.38. The highest BCUT2D eigenvalue weighted by Gasteiger charge is 2.09. The molecular weight excluding hydrogens is 190 g/mol. The molecule has 0 saturated heterocycles. The molecule has 3 heteroatoms. The molecule has 1 atom stereocenters. The molecule has 0 aliphatic rings. The van der Waals surface area contributed by atoms with Gasteiger partial charge < -0.3 is 15.2 Å². The Kier molecular flexibility index (Phi) is 4.28. The summed E-state index contributed by atoms with van der Waals surface area (Å²) in [5, 5.41) is 0. The van der Waals surface area contributed by atoms with Gasteiger partial charge in [0.15, 0.2) is 0 Å². The van der Waals surface area contributed by atoms with Crippen LogP contribution in [-0.2, 0) is 0 Å². The van der Waals surface area contributed by atoms with E-state index >= 15 is 0 Å². The number of ether oxygens (including phenoxy) is 2. The fraction of sp³-hybridized carbons (Fsp3) is 0.500.